The second-order valence-electron chi connectivity index (χ2n) is 36.5. The van der Waals surface area contributed by atoms with Crippen LogP contribution in [0.2, 0.25) is 0 Å². The lowest BCUT2D eigenvalue weighted by Crippen LogP contribution is -2.52. The number of aliphatic hydroxyl groups excluding tert-OH is 2. The molecule has 134 heavy (non-hydrogen) atoms. The summed E-state index contributed by atoms with van der Waals surface area (Å²) in [4.78, 5) is 229. The number of H-pyrrole nitrogens is 1. The number of aromatic nitrogens is 2. The Hall–Kier alpha value is -9.83. The molecule has 1 aromatic heterocycles. The van der Waals surface area contributed by atoms with E-state index in [4.69, 9.17) is 45.9 Å². The minimum absolute atomic E-state index is 0.00355. The van der Waals surface area contributed by atoms with Crippen molar-refractivity contribution in [1.82, 2.24) is 47.2 Å². The molecule has 0 aliphatic rings. The number of unbranched alkanes of at least 4 members (excludes halogenated alkanes) is 15. The first-order valence-corrected chi connectivity index (χ1v) is 49.7. The number of thioether (sulfide) groups is 1. The van der Waals surface area contributed by atoms with Gasteiger partial charge in [-0.15, -0.1) is 0 Å². The van der Waals surface area contributed by atoms with E-state index in [1.165, 1.54) is 99.9 Å². The number of guanidine groups is 2. The number of carbonyl (C=O) groups excluding carboxylic acids is 14. The highest BCUT2D eigenvalue weighted by Gasteiger charge is 2.40. The number of carboxylic acids is 1. The molecule has 0 aliphatic heterocycles. The molecule has 14 atom stereocenters. The maximum atomic E-state index is 15.0. The van der Waals surface area contributed by atoms with Crippen LogP contribution in [0.1, 0.15) is 290 Å². The van der Waals surface area contributed by atoms with Gasteiger partial charge in [0, 0.05) is 94.1 Å². The van der Waals surface area contributed by atoms with Crippen LogP contribution in [-0.2, 0) is 84.8 Å². The Morgan fingerprint density at radius 2 is 0.836 bits per heavy atom. The minimum atomic E-state index is -1.92. The molecule has 0 fully saturated rings. The van der Waals surface area contributed by atoms with Crippen molar-refractivity contribution in [1.29, 1.82) is 0 Å². The molecule has 0 saturated carbocycles. The number of aliphatic carboxylic acids is 1. The number of hydrogen-bond acceptors (Lipinski definition) is 25. The van der Waals surface area contributed by atoms with Crippen LogP contribution in [0.3, 0.4) is 0 Å². The second kappa shape index (κ2) is 69.9. The van der Waals surface area contributed by atoms with Gasteiger partial charge in [-0.05, 0) is 177 Å². The number of nitrogens with zero attached hydrogens (tertiary/aromatic N) is 3. The molecule has 0 radical (unpaired) electrons. The number of aromatic amines is 1. The summed E-state index contributed by atoms with van der Waals surface area (Å²) in [7, 11) is 0. The number of nitrogens with two attached hydrogens (primary N) is 8. The molecule has 38 nitrogen and oxygen atoms in total. The molecule has 39 heteroatoms. The van der Waals surface area contributed by atoms with E-state index in [-0.39, 0.29) is 164 Å². The number of imidazole rings is 1. The number of nitrogens with one attached hydrogen (secondary N) is 8. The van der Waals surface area contributed by atoms with Crippen molar-refractivity contribution < 1.29 is 92.3 Å². The van der Waals surface area contributed by atoms with E-state index in [0.717, 1.165) is 32.6 Å². The highest BCUT2D eigenvalue weighted by atomic mass is 32.2. The van der Waals surface area contributed by atoms with Crippen molar-refractivity contribution in [3.63, 3.8) is 0 Å². The molecular weight excluding hydrogens is 1740 g/mol. The van der Waals surface area contributed by atoms with Crippen molar-refractivity contribution in [2.24, 2.45) is 103 Å². The van der Waals surface area contributed by atoms with E-state index >= 15 is 4.79 Å². The van der Waals surface area contributed by atoms with Gasteiger partial charge in [0.15, 0.2) is 46.6 Å². The molecule has 2 rings (SSSR count). The number of carboxylic acid groups (broad SMARTS) is 1. The fraction of sp³-hybridized carbons (Fsp3) is 0.726. The van der Waals surface area contributed by atoms with Gasteiger partial charge >= 0.3 is 5.97 Å². The number of rotatable bonds is 81. The molecule has 8 amide bonds. The summed E-state index contributed by atoms with van der Waals surface area (Å²) in [5.74, 6) is -20.7. The molecule has 0 spiro atoms. The molecule has 758 valence electrons. The van der Waals surface area contributed by atoms with Crippen LogP contribution < -0.4 is 83.1 Å². The predicted molar refractivity (Wildman–Crippen MR) is 517 cm³/mol. The van der Waals surface area contributed by atoms with Gasteiger partial charge in [-0.25, -0.2) is 4.98 Å². The number of phenolic OH excluding ortho intramolecular Hbond substituents is 1. The minimum Gasteiger partial charge on any atom is -0.508 e. The second-order valence-corrected chi connectivity index (χ2v) is 37.4. The van der Waals surface area contributed by atoms with Gasteiger partial charge in [0.25, 0.3) is 0 Å². The summed E-state index contributed by atoms with van der Waals surface area (Å²) in [6.07, 6.45) is 16.3. The average molecular weight is 1910 g/mol. The number of ketones is 6. The highest BCUT2D eigenvalue weighted by Crippen LogP contribution is 2.27. The molecule has 0 unspecified atom stereocenters. The van der Waals surface area contributed by atoms with Gasteiger partial charge in [-0.3, -0.25) is 81.9 Å². The number of benzene rings is 1. The Balaban J connectivity index is 2.51. The summed E-state index contributed by atoms with van der Waals surface area (Å²) < 4.78 is 0. The molecule has 1 aromatic carbocycles. The summed E-state index contributed by atoms with van der Waals surface area (Å²) >= 11 is 1.27. The SMILES string of the molecule is CCCCCCCCCCCCCCCC(=O)N[C@@H](CCCCN)C(=O)N[C@@H](CCCCN)C(=O)C[C@@H](CC(C)C)C(=O)N[C@@H](CCCN=C(N)N)C(=O)C[C@@H](CO)C(=O)N[C@H](CCSC)C(=O)C[C@H](C(=O)N[C@@H](CC(=O)O)C(=O)C[C@@H](CCCCN)C(=O)N[C@@H](Cc1ccc(O)cc1)C(=O)C[C@@H](CCCN=C(N)N)C(=O)N[C@@H](CC(C)C)C(=O)C[C@@H](Cc1cnc[nH]1)C(N)=O)[C@@H](C)O. The lowest BCUT2D eigenvalue weighted by Gasteiger charge is -2.27. The Labute approximate surface area is 795 Å². The van der Waals surface area contributed by atoms with Crippen molar-refractivity contribution in [3.05, 3.63) is 48.0 Å². The largest absolute Gasteiger partial charge is 0.508 e. The maximum Gasteiger partial charge on any atom is 0.305 e. The van der Waals surface area contributed by atoms with Crippen LogP contribution in [0.5, 0.6) is 5.75 Å². The third-order valence-corrected chi connectivity index (χ3v) is 24.4. The van der Waals surface area contributed by atoms with E-state index in [0.29, 0.717) is 62.9 Å². The molecule has 1 heterocycles. The Kier molecular flexibility index (Phi) is 62.7. The van der Waals surface area contributed by atoms with Crippen LogP contribution in [0.4, 0.5) is 0 Å². The smallest absolute Gasteiger partial charge is 0.305 e. The Morgan fingerprint density at radius 3 is 1.32 bits per heavy atom. The summed E-state index contributed by atoms with van der Waals surface area (Å²) in [5.41, 5.74) is 46.9. The molecule has 0 bridgehead atoms. The highest BCUT2D eigenvalue weighted by molar-refractivity contribution is 7.98. The van der Waals surface area contributed by atoms with Gasteiger partial charge < -0.3 is 108 Å². The zero-order chi connectivity index (χ0) is 100. The van der Waals surface area contributed by atoms with Crippen LogP contribution in [0.15, 0.2) is 46.8 Å². The first kappa shape index (κ1) is 120. The van der Waals surface area contributed by atoms with Crippen LogP contribution in [0.25, 0.3) is 0 Å². The van der Waals surface area contributed by atoms with Gasteiger partial charge in [-0.1, -0.05) is 130 Å². The lowest BCUT2D eigenvalue weighted by atomic mass is 9.87. The van der Waals surface area contributed by atoms with Crippen LogP contribution in [0, 0.1) is 47.3 Å². The summed E-state index contributed by atoms with van der Waals surface area (Å²) in [6.45, 7) is 10.5. The lowest BCUT2D eigenvalue weighted by molar-refractivity contribution is -0.142. The zero-order valence-corrected chi connectivity index (χ0v) is 81.3. The van der Waals surface area contributed by atoms with E-state index in [9.17, 15) is 87.5 Å². The molecule has 0 aliphatic carbocycles. The number of amides is 8. The maximum absolute atomic E-state index is 15.0. The van der Waals surface area contributed by atoms with Gasteiger partial charge in [0.05, 0.1) is 79.5 Å². The van der Waals surface area contributed by atoms with Gasteiger partial charge in [-0.2, -0.15) is 11.8 Å². The monoisotopic (exact) mass is 1910 g/mol. The zero-order valence-electron chi connectivity index (χ0n) is 80.5. The molecule has 0 saturated heterocycles. The number of Topliss-reactive ketones (excluding diaryl/α,β-unsaturated/α-hetero) is 6. The number of hydrogen-bond donors (Lipinski definition) is 20. The first-order valence-electron chi connectivity index (χ1n) is 48.3. The number of aromatic hydroxyl groups is 1. The van der Waals surface area contributed by atoms with Crippen molar-refractivity contribution in [2.75, 3.05) is 51.3 Å². The summed E-state index contributed by atoms with van der Waals surface area (Å²) in [5, 5.41) is 61.8. The van der Waals surface area contributed by atoms with E-state index < -0.39 is 205 Å². The fourth-order valence-corrected chi connectivity index (χ4v) is 16.5. The molecule has 28 N–H and O–H groups in total. The Bertz CT molecular complexity index is 3920. The van der Waals surface area contributed by atoms with Crippen molar-refractivity contribution in [2.45, 2.75) is 340 Å². The topological polar surface area (TPSA) is 683 Å². The molecule has 2 aromatic rings. The quantitative estimate of drug-likeness (QED) is 0.0238. The first-order chi connectivity index (χ1) is 63.8. The number of primary amides is 1. The fourth-order valence-electron chi connectivity index (χ4n) is 16.0. The van der Waals surface area contributed by atoms with E-state index in [1.807, 2.05) is 27.7 Å². The number of aliphatic imine (C=N–C) groups is 2. The number of phenols is 1. The Morgan fingerprint density at radius 1 is 0.425 bits per heavy atom. The summed E-state index contributed by atoms with van der Waals surface area (Å²) in [6, 6.07) is -3.77. The third kappa shape index (κ3) is 52.3. The van der Waals surface area contributed by atoms with E-state index in [1.54, 1.807) is 6.26 Å². The predicted octanol–water partition coefficient (Wildman–Crippen LogP) is 4.90. The van der Waals surface area contributed by atoms with Gasteiger partial charge in [0.1, 0.15) is 11.8 Å². The number of aliphatic hydroxyl groups is 2. The van der Waals surface area contributed by atoms with Gasteiger partial charge in [0.2, 0.25) is 47.3 Å². The normalized spacial score (nSPS) is 14.6. The number of carbonyl (C=O) groups is 15. The third-order valence-electron chi connectivity index (χ3n) is 23.8. The van der Waals surface area contributed by atoms with Crippen molar-refractivity contribution >= 4 is 112 Å². The molecular formula is C95H163N19O19S. The average Bonchev–Trinajstić information content (AvgIpc) is 0.943. The van der Waals surface area contributed by atoms with Crippen molar-refractivity contribution in [3.8, 4) is 5.75 Å². The van der Waals surface area contributed by atoms with Crippen LogP contribution >= 0.6 is 11.8 Å². The van der Waals surface area contributed by atoms with E-state index in [2.05, 4.69) is 64.1 Å². The standard InChI is InChI=1S/C95H163N19O19S/c1-8-9-10-11-12-13-14-15-16-17-18-19-20-34-85(124)108-75(32-23-26-42-98)93(133)111-72(31-22-25-41-97)79(118)53-67(46-60(2)3)90(130)109-73(33-28-44-106-95(102)103)80(119)54-68(58-115)91(131)110-74(39-45-134-7)84(123)55-71(62(6)116)92(132)114-78(56-86(125)126)82(121)50-64(29-21-24-40-96)88(128)113-77(48-63-35-37-70(117)38-36-63)81(120)51-65(30-27-43-105-94(100)101)89(129)112-76(47-61(4)5)83(122)52-66(87(99)127)49-69-57-104-59-107-69/h35-38,57,59-62,64-68,71-78,115-117H,8-34,39-56,58,96-98H2,1-7H3,(H2,99,127)(H,104,107)(H,108,124)(H,109,130)(H,110,131)(H,111,133)(H,112,129)(H,113,128)(H,114,132)(H,125,126)(H4,100,101,105)(H4,102,103,106)/t62-,64-,65-,66-,67-,68+,71+,72+,73+,74-,75+,76+,77+,78+/m1/s1. The van der Waals surface area contributed by atoms with Crippen LogP contribution in [-0.4, -0.2) is 230 Å².